The van der Waals surface area contributed by atoms with Crippen LogP contribution in [-0.4, -0.2) is 24.6 Å². The first kappa shape index (κ1) is 16.5. The summed E-state index contributed by atoms with van der Waals surface area (Å²) in [5.74, 6) is 1.11. The van der Waals surface area contributed by atoms with Gasteiger partial charge < -0.3 is 15.8 Å². The zero-order valence-corrected chi connectivity index (χ0v) is 12.8. The van der Waals surface area contributed by atoms with E-state index in [2.05, 4.69) is 19.2 Å². The van der Waals surface area contributed by atoms with Gasteiger partial charge in [0.25, 0.3) is 0 Å². The molecule has 20 heavy (non-hydrogen) atoms. The lowest BCUT2D eigenvalue weighted by Crippen LogP contribution is -2.46. The molecule has 0 radical (unpaired) electrons. The third kappa shape index (κ3) is 6.06. The van der Waals surface area contributed by atoms with Crippen molar-refractivity contribution in [2.45, 2.75) is 46.2 Å². The van der Waals surface area contributed by atoms with Crippen LogP contribution in [0.5, 0.6) is 5.75 Å². The molecular formula is C16H26N2O2. The number of hydrogen-bond acceptors (Lipinski definition) is 3. The van der Waals surface area contributed by atoms with E-state index in [9.17, 15) is 4.79 Å². The monoisotopic (exact) mass is 278 g/mol. The average Bonchev–Trinajstić information content (AvgIpc) is 2.37. The van der Waals surface area contributed by atoms with Crippen molar-refractivity contribution in [3.05, 3.63) is 29.8 Å². The minimum absolute atomic E-state index is 0.0676. The van der Waals surface area contributed by atoms with E-state index in [1.165, 1.54) is 5.56 Å². The van der Waals surface area contributed by atoms with Crippen molar-refractivity contribution in [3.8, 4) is 5.75 Å². The van der Waals surface area contributed by atoms with Crippen molar-refractivity contribution >= 4 is 5.91 Å². The second-order valence-corrected chi connectivity index (χ2v) is 5.77. The normalized spacial score (nSPS) is 13.9. The zero-order chi connectivity index (χ0) is 15.1. The van der Waals surface area contributed by atoms with E-state index in [1.807, 2.05) is 38.1 Å². The van der Waals surface area contributed by atoms with Gasteiger partial charge in [-0.3, -0.25) is 4.79 Å². The molecule has 0 aliphatic rings. The molecule has 0 spiro atoms. The van der Waals surface area contributed by atoms with Crippen LogP contribution in [0.3, 0.4) is 0 Å². The summed E-state index contributed by atoms with van der Waals surface area (Å²) in [4.78, 5) is 11.9. The molecule has 112 valence electrons. The van der Waals surface area contributed by atoms with E-state index in [1.54, 1.807) is 0 Å². The van der Waals surface area contributed by atoms with Gasteiger partial charge in [0.05, 0.1) is 12.1 Å². The number of amides is 1. The molecule has 1 aromatic rings. The highest BCUT2D eigenvalue weighted by atomic mass is 16.5. The Balaban J connectivity index is 2.34. The van der Waals surface area contributed by atoms with E-state index >= 15 is 0 Å². The summed E-state index contributed by atoms with van der Waals surface area (Å²) in [5, 5.41) is 2.88. The Bertz CT molecular complexity index is 415. The number of nitrogens with two attached hydrogens (primary N) is 1. The van der Waals surface area contributed by atoms with Gasteiger partial charge in [0, 0.05) is 0 Å². The van der Waals surface area contributed by atoms with Gasteiger partial charge in [0.15, 0.2) is 0 Å². The summed E-state index contributed by atoms with van der Waals surface area (Å²) >= 11 is 0. The molecular weight excluding hydrogens is 252 g/mol. The molecule has 0 aliphatic carbocycles. The number of nitrogens with one attached hydrogen (secondary N) is 1. The molecule has 0 aliphatic heterocycles. The molecule has 4 nitrogen and oxygen atoms in total. The van der Waals surface area contributed by atoms with Crippen LogP contribution in [0.2, 0.25) is 0 Å². The van der Waals surface area contributed by atoms with Crippen LogP contribution < -0.4 is 15.8 Å². The number of carbonyl (C=O) groups excluding carboxylic acids is 1. The number of aryl methyl sites for hydroxylation is 1. The van der Waals surface area contributed by atoms with Crippen LogP contribution in [0.1, 0.15) is 32.8 Å². The van der Waals surface area contributed by atoms with Gasteiger partial charge in [-0.25, -0.2) is 0 Å². The standard InChI is InChI=1S/C16H26N2O2/c1-11(2)9-15(17)16(19)18-13(4)10-20-14-7-5-12(3)6-8-14/h5-8,11,13,15H,9-10,17H2,1-4H3,(H,18,19)/t13?,15-/m1/s1. The highest BCUT2D eigenvalue weighted by Gasteiger charge is 2.17. The minimum Gasteiger partial charge on any atom is -0.491 e. The summed E-state index contributed by atoms with van der Waals surface area (Å²) in [6.45, 7) is 8.48. The summed E-state index contributed by atoms with van der Waals surface area (Å²) in [5.41, 5.74) is 7.03. The third-order valence-electron chi connectivity index (χ3n) is 2.97. The molecule has 0 aromatic heterocycles. The first-order chi connectivity index (χ1) is 9.38. The summed E-state index contributed by atoms with van der Waals surface area (Å²) in [6, 6.07) is 7.33. The number of benzene rings is 1. The lowest BCUT2D eigenvalue weighted by atomic mass is 10.0. The van der Waals surface area contributed by atoms with Crippen LogP contribution in [0, 0.1) is 12.8 Å². The Morgan fingerprint density at radius 3 is 2.40 bits per heavy atom. The van der Waals surface area contributed by atoms with Gasteiger partial charge in [-0.2, -0.15) is 0 Å². The van der Waals surface area contributed by atoms with E-state index in [-0.39, 0.29) is 11.9 Å². The fourth-order valence-corrected chi connectivity index (χ4v) is 1.86. The summed E-state index contributed by atoms with van der Waals surface area (Å²) in [6.07, 6.45) is 0.692. The predicted molar refractivity (Wildman–Crippen MR) is 81.7 cm³/mol. The smallest absolute Gasteiger partial charge is 0.237 e. The van der Waals surface area contributed by atoms with Crippen LogP contribution in [-0.2, 0) is 4.79 Å². The fourth-order valence-electron chi connectivity index (χ4n) is 1.86. The Kier molecular flexibility index (Phi) is 6.52. The lowest BCUT2D eigenvalue weighted by Gasteiger charge is -2.19. The first-order valence-corrected chi connectivity index (χ1v) is 7.14. The number of ether oxygens (including phenoxy) is 1. The van der Waals surface area contributed by atoms with E-state index < -0.39 is 6.04 Å². The molecule has 0 saturated heterocycles. The maximum atomic E-state index is 11.9. The summed E-state index contributed by atoms with van der Waals surface area (Å²) < 4.78 is 5.63. The molecule has 0 heterocycles. The van der Waals surface area contributed by atoms with E-state index in [0.29, 0.717) is 18.9 Å². The third-order valence-corrected chi connectivity index (χ3v) is 2.97. The highest BCUT2D eigenvalue weighted by Crippen LogP contribution is 2.11. The van der Waals surface area contributed by atoms with Crippen LogP contribution >= 0.6 is 0 Å². The SMILES string of the molecule is Cc1ccc(OCC(C)NC(=O)[C@H](N)CC(C)C)cc1. The molecule has 2 atom stereocenters. The number of carbonyl (C=O) groups is 1. The zero-order valence-electron chi connectivity index (χ0n) is 12.8. The molecule has 1 amide bonds. The van der Waals surface area contributed by atoms with Crippen molar-refractivity contribution in [2.75, 3.05) is 6.61 Å². The first-order valence-electron chi connectivity index (χ1n) is 7.14. The average molecular weight is 278 g/mol. The van der Waals surface area contributed by atoms with E-state index in [0.717, 1.165) is 5.75 Å². The van der Waals surface area contributed by atoms with Gasteiger partial charge >= 0.3 is 0 Å². The minimum atomic E-state index is -0.447. The van der Waals surface area contributed by atoms with Gasteiger partial charge in [-0.05, 0) is 38.3 Å². The molecule has 0 fully saturated rings. The molecule has 1 unspecified atom stereocenters. The predicted octanol–water partition coefficient (Wildman–Crippen LogP) is 2.25. The topological polar surface area (TPSA) is 64.3 Å². The maximum Gasteiger partial charge on any atom is 0.237 e. The maximum absolute atomic E-state index is 11.9. The Hall–Kier alpha value is -1.55. The largest absolute Gasteiger partial charge is 0.491 e. The van der Waals surface area contributed by atoms with Crippen molar-refractivity contribution in [1.82, 2.24) is 5.32 Å². The number of rotatable bonds is 7. The van der Waals surface area contributed by atoms with Gasteiger partial charge in [-0.15, -0.1) is 0 Å². The second kappa shape index (κ2) is 7.90. The Labute approximate surface area is 121 Å². The van der Waals surface area contributed by atoms with E-state index in [4.69, 9.17) is 10.5 Å². The van der Waals surface area contributed by atoms with Crippen molar-refractivity contribution < 1.29 is 9.53 Å². The number of hydrogen-bond donors (Lipinski definition) is 2. The lowest BCUT2D eigenvalue weighted by molar-refractivity contribution is -0.123. The fraction of sp³-hybridized carbons (Fsp3) is 0.562. The molecule has 4 heteroatoms. The van der Waals surface area contributed by atoms with Crippen LogP contribution in [0.15, 0.2) is 24.3 Å². The van der Waals surface area contributed by atoms with Gasteiger partial charge in [0.1, 0.15) is 12.4 Å². The Morgan fingerprint density at radius 1 is 1.25 bits per heavy atom. The summed E-state index contributed by atoms with van der Waals surface area (Å²) in [7, 11) is 0. The molecule has 1 rings (SSSR count). The molecule has 1 aromatic carbocycles. The van der Waals surface area contributed by atoms with Gasteiger partial charge in [0.2, 0.25) is 5.91 Å². The molecule has 3 N–H and O–H groups in total. The van der Waals surface area contributed by atoms with Gasteiger partial charge in [-0.1, -0.05) is 31.5 Å². The van der Waals surface area contributed by atoms with Crippen molar-refractivity contribution in [1.29, 1.82) is 0 Å². The van der Waals surface area contributed by atoms with Crippen molar-refractivity contribution in [3.63, 3.8) is 0 Å². The van der Waals surface area contributed by atoms with Crippen LogP contribution in [0.25, 0.3) is 0 Å². The highest BCUT2D eigenvalue weighted by molar-refractivity contribution is 5.81. The molecule has 0 bridgehead atoms. The Morgan fingerprint density at radius 2 is 1.85 bits per heavy atom. The second-order valence-electron chi connectivity index (χ2n) is 5.77. The van der Waals surface area contributed by atoms with Crippen LogP contribution in [0.4, 0.5) is 0 Å². The molecule has 0 saturated carbocycles. The van der Waals surface area contributed by atoms with Crippen molar-refractivity contribution in [2.24, 2.45) is 11.7 Å². The quantitative estimate of drug-likeness (QED) is 0.804.